The average molecular weight is 257 g/mol. The molecule has 1 aromatic carbocycles. The van der Waals surface area contributed by atoms with Gasteiger partial charge in [-0.15, -0.1) is 0 Å². The third-order valence-electron chi connectivity index (χ3n) is 2.96. The maximum Gasteiger partial charge on any atom is 0.140 e. The number of pyridine rings is 1. The van der Waals surface area contributed by atoms with Crippen molar-refractivity contribution in [3.8, 4) is 5.75 Å². The molecule has 19 heavy (non-hydrogen) atoms. The minimum atomic E-state index is 0.502. The van der Waals surface area contributed by atoms with Gasteiger partial charge >= 0.3 is 0 Å². The van der Waals surface area contributed by atoms with Crippen LogP contribution in [0.15, 0.2) is 30.5 Å². The topological polar surface area (TPSA) is 60.2 Å². The first-order valence-electron chi connectivity index (χ1n) is 6.22. The van der Waals surface area contributed by atoms with Crippen molar-refractivity contribution >= 4 is 5.82 Å². The number of benzene rings is 1. The third-order valence-corrected chi connectivity index (χ3v) is 2.96. The summed E-state index contributed by atoms with van der Waals surface area (Å²) in [7, 11) is 0. The fourth-order valence-corrected chi connectivity index (χ4v) is 2.19. The van der Waals surface area contributed by atoms with Gasteiger partial charge in [0.2, 0.25) is 0 Å². The van der Waals surface area contributed by atoms with Crippen molar-refractivity contribution in [1.29, 1.82) is 0 Å². The molecule has 0 radical (unpaired) electrons. The zero-order valence-electron chi connectivity index (χ0n) is 11.5. The normalized spacial score (nSPS) is 10.3. The summed E-state index contributed by atoms with van der Waals surface area (Å²) in [5.41, 5.74) is 7.12. The van der Waals surface area contributed by atoms with Crippen molar-refractivity contribution in [3.05, 3.63) is 52.7 Å². The Labute approximate surface area is 113 Å². The first kappa shape index (κ1) is 13.4. The van der Waals surface area contributed by atoms with E-state index in [1.807, 2.05) is 12.1 Å². The van der Waals surface area contributed by atoms with E-state index in [2.05, 4.69) is 43.3 Å². The Morgan fingerprint density at radius 2 is 1.84 bits per heavy atom. The van der Waals surface area contributed by atoms with Crippen molar-refractivity contribution < 1.29 is 4.74 Å². The highest BCUT2D eigenvalue weighted by Gasteiger charge is 2.05. The number of hydrazine groups is 1. The smallest absolute Gasteiger partial charge is 0.140 e. The van der Waals surface area contributed by atoms with E-state index in [9.17, 15) is 0 Å². The minimum absolute atomic E-state index is 0.502. The SMILES string of the molecule is Cc1cc(C)c(OCc2ccnc(NN)c2)c(C)c1. The average Bonchev–Trinajstić information content (AvgIpc) is 2.37. The highest BCUT2D eigenvalue weighted by molar-refractivity contribution is 5.43. The molecule has 0 unspecified atom stereocenters. The lowest BCUT2D eigenvalue weighted by molar-refractivity contribution is 0.302. The number of nitrogens with one attached hydrogen (secondary N) is 1. The molecule has 1 aromatic heterocycles. The Kier molecular flexibility index (Phi) is 4.02. The molecule has 0 bridgehead atoms. The van der Waals surface area contributed by atoms with Gasteiger partial charge in [-0.1, -0.05) is 17.7 Å². The lowest BCUT2D eigenvalue weighted by Crippen LogP contribution is -2.09. The first-order chi connectivity index (χ1) is 9.10. The van der Waals surface area contributed by atoms with Gasteiger partial charge in [0.05, 0.1) is 0 Å². The maximum atomic E-state index is 5.91. The van der Waals surface area contributed by atoms with Crippen LogP contribution in [0, 0.1) is 20.8 Å². The minimum Gasteiger partial charge on any atom is -0.488 e. The van der Waals surface area contributed by atoms with E-state index in [0.29, 0.717) is 12.4 Å². The van der Waals surface area contributed by atoms with Gasteiger partial charge in [0.1, 0.15) is 18.2 Å². The molecule has 4 nitrogen and oxygen atoms in total. The number of nitrogens with zero attached hydrogens (tertiary/aromatic N) is 1. The Morgan fingerprint density at radius 3 is 2.47 bits per heavy atom. The molecule has 100 valence electrons. The monoisotopic (exact) mass is 257 g/mol. The van der Waals surface area contributed by atoms with E-state index in [0.717, 1.165) is 22.4 Å². The molecule has 0 aliphatic rings. The summed E-state index contributed by atoms with van der Waals surface area (Å²) in [5, 5.41) is 0. The van der Waals surface area contributed by atoms with E-state index < -0.39 is 0 Å². The van der Waals surface area contributed by atoms with Crippen molar-refractivity contribution in [2.45, 2.75) is 27.4 Å². The first-order valence-corrected chi connectivity index (χ1v) is 6.22. The summed E-state index contributed by atoms with van der Waals surface area (Å²) in [6.45, 7) is 6.72. The maximum absolute atomic E-state index is 5.91. The molecule has 4 heteroatoms. The molecule has 0 aliphatic heterocycles. The Balaban J connectivity index is 2.14. The number of ether oxygens (including phenoxy) is 1. The third kappa shape index (κ3) is 3.23. The van der Waals surface area contributed by atoms with E-state index in [4.69, 9.17) is 10.6 Å². The van der Waals surface area contributed by atoms with E-state index >= 15 is 0 Å². The van der Waals surface area contributed by atoms with Crippen LogP contribution in [-0.2, 0) is 6.61 Å². The van der Waals surface area contributed by atoms with Crippen LogP contribution < -0.4 is 16.0 Å². The molecule has 0 atom stereocenters. The van der Waals surface area contributed by atoms with Crippen molar-refractivity contribution in [3.63, 3.8) is 0 Å². The number of hydrogen-bond acceptors (Lipinski definition) is 4. The van der Waals surface area contributed by atoms with Crippen molar-refractivity contribution in [1.82, 2.24) is 4.98 Å². The van der Waals surface area contributed by atoms with Gasteiger partial charge in [-0.3, -0.25) is 0 Å². The van der Waals surface area contributed by atoms with Gasteiger partial charge < -0.3 is 10.2 Å². The second-order valence-corrected chi connectivity index (χ2v) is 4.71. The highest BCUT2D eigenvalue weighted by Crippen LogP contribution is 2.25. The fourth-order valence-electron chi connectivity index (χ4n) is 2.19. The number of anilines is 1. The van der Waals surface area contributed by atoms with Crippen LogP contribution in [0.1, 0.15) is 22.3 Å². The second kappa shape index (κ2) is 5.71. The summed E-state index contributed by atoms with van der Waals surface area (Å²) in [6.07, 6.45) is 1.71. The largest absolute Gasteiger partial charge is 0.488 e. The molecule has 0 saturated heterocycles. The number of rotatable bonds is 4. The molecule has 0 amide bonds. The number of aryl methyl sites for hydroxylation is 3. The van der Waals surface area contributed by atoms with Gasteiger partial charge in [0, 0.05) is 6.20 Å². The Hall–Kier alpha value is -2.07. The second-order valence-electron chi connectivity index (χ2n) is 4.71. The van der Waals surface area contributed by atoms with E-state index in [1.165, 1.54) is 5.56 Å². The summed E-state index contributed by atoms with van der Waals surface area (Å²) >= 11 is 0. The number of hydrogen-bond donors (Lipinski definition) is 2. The van der Waals surface area contributed by atoms with Gasteiger partial charge in [0.15, 0.2) is 0 Å². The lowest BCUT2D eigenvalue weighted by Gasteiger charge is -2.13. The van der Waals surface area contributed by atoms with Crippen LogP contribution in [0.4, 0.5) is 5.82 Å². The van der Waals surface area contributed by atoms with Crippen LogP contribution in [0.2, 0.25) is 0 Å². The summed E-state index contributed by atoms with van der Waals surface area (Å²) in [4.78, 5) is 4.07. The van der Waals surface area contributed by atoms with Gasteiger partial charge in [-0.05, 0) is 49.6 Å². The van der Waals surface area contributed by atoms with Crippen LogP contribution >= 0.6 is 0 Å². The molecular weight excluding hydrogens is 238 g/mol. The zero-order chi connectivity index (χ0) is 13.8. The van der Waals surface area contributed by atoms with Crippen LogP contribution in [-0.4, -0.2) is 4.98 Å². The molecule has 0 aliphatic carbocycles. The molecule has 2 aromatic rings. The van der Waals surface area contributed by atoms with Crippen LogP contribution in [0.3, 0.4) is 0 Å². The van der Waals surface area contributed by atoms with Crippen molar-refractivity contribution in [2.24, 2.45) is 5.84 Å². The fraction of sp³-hybridized carbons (Fsp3) is 0.267. The van der Waals surface area contributed by atoms with Crippen LogP contribution in [0.5, 0.6) is 5.75 Å². The molecule has 0 saturated carbocycles. The number of aromatic nitrogens is 1. The van der Waals surface area contributed by atoms with Gasteiger partial charge in [-0.25, -0.2) is 10.8 Å². The quantitative estimate of drug-likeness (QED) is 0.653. The molecule has 1 heterocycles. The predicted molar refractivity (Wildman–Crippen MR) is 77.0 cm³/mol. The molecule has 2 rings (SSSR count). The zero-order valence-corrected chi connectivity index (χ0v) is 11.5. The van der Waals surface area contributed by atoms with E-state index in [-0.39, 0.29) is 0 Å². The summed E-state index contributed by atoms with van der Waals surface area (Å²) in [6, 6.07) is 8.04. The standard InChI is InChI=1S/C15H19N3O/c1-10-6-11(2)15(12(3)7-10)19-9-13-4-5-17-14(8-13)18-16/h4-8H,9,16H2,1-3H3,(H,17,18). The van der Waals surface area contributed by atoms with Gasteiger partial charge in [-0.2, -0.15) is 0 Å². The Morgan fingerprint density at radius 1 is 1.16 bits per heavy atom. The molecule has 0 spiro atoms. The summed E-state index contributed by atoms with van der Waals surface area (Å²) < 4.78 is 5.91. The summed E-state index contributed by atoms with van der Waals surface area (Å²) in [5.74, 6) is 6.92. The predicted octanol–water partition coefficient (Wildman–Crippen LogP) is 2.87. The molecule has 0 fully saturated rings. The number of nitrogen functional groups attached to an aromatic ring is 1. The van der Waals surface area contributed by atoms with Gasteiger partial charge in [0.25, 0.3) is 0 Å². The van der Waals surface area contributed by atoms with Crippen molar-refractivity contribution in [2.75, 3.05) is 5.43 Å². The van der Waals surface area contributed by atoms with E-state index in [1.54, 1.807) is 6.20 Å². The van der Waals surface area contributed by atoms with Crippen LogP contribution in [0.25, 0.3) is 0 Å². The Bertz CT molecular complexity index is 558. The number of nitrogens with two attached hydrogens (primary N) is 1. The highest BCUT2D eigenvalue weighted by atomic mass is 16.5. The lowest BCUT2D eigenvalue weighted by atomic mass is 10.1. The molecular formula is C15H19N3O. The molecule has 3 N–H and O–H groups in total.